The highest BCUT2D eigenvalue weighted by Gasteiger charge is 2.20. The van der Waals surface area contributed by atoms with Gasteiger partial charge in [0.05, 0.1) is 16.9 Å². The van der Waals surface area contributed by atoms with E-state index in [0.717, 1.165) is 30.1 Å². The smallest absolute Gasteiger partial charge is 0.116 e. The average molecular weight is 281 g/mol. The minimum atomic E-state index is 0.153. The van der Waals surface area contributed by atoms with Crippen molar-refractivity contribution in [3.63, 3.8) is 0 Å². The van der Waals surface area contributed by atoms with Crippen LogP contribution >= 0.6 is 22.7 Å². The van der Waals surface area contributed by atoms with E-state index in [1.807, 2.05) is 5.51 Å². The van der Waals surface area contributed by atoms with Crippen LogP contribution in [0, 0.1) is 6.92 Å². The first-order valence-electron chi connectivity index (χ1n) is 6.33. The van der Waals surface area contributed by atoms with Crippen molar-refractivity contribution in [2.45, 2.75) is 39.7 Å². The first-order valence-corrected chi connectivity index (χ1v) is 8.09. The van der Waals surface area contributed by atoms with Crippen LogP contribution in [0.3, 0.4) is 0 Å². The Morgan fingerprint density at radius 2 is 2.22 bits per heavy atom. The van der Waals surface area contributed by atoms with Gasteiger partial charge in [0, 0.05) is 10.3 Å². The van der Waals surface area contributed by atoms with E-state index in [4.69, 9.17) is 4.98 Å². The van der Waals surface area contributed by atoms with Crippen LogP contribution in [-0.4, -0.2) is 16.5 Å². The fraction of sp³-hybridized carbons (Fsp3) is 0.538. The Labute approximate surface area is 116 Å². The van der Waals surface area contributed by atoms with E-state index in [1.165, 1.54) is 10.6 Å². The van der Waals surface area contributed by atoms with Crippen LogP contribution in [0.25, 0.3) is 0 Å². The van der Waals surface area contributed by atoms with Gasteiger partial charge in [0.15, 0.2) is 0 Å². The Bertz CT molecular complexity index is 476. The molecule has 2 aromatic rings. The van der Waals surface area contributed by atoms with E-state index in [9.17, 15) is 0 Å². The third-order valence-electron chi connectivity index (χ3n) is 2.84. The lowest BCUT2D eigenvalue weighted by Gasteiger charge is -2.13. The van der Waals surface area contributed by atoms with Gasteiger partial charge in [-0.1, -0.05) is 13.8 Å². The molecule has 2 aromatic heterocycles. The summed E-state index contributed by atoms with van der Waals surface area (Å²) in [6.07, 6.45) is 2.12. The predicted octanol–water partition coefficient (Wildman–Crippen LogP) is 3.56. The first kappa shape index (κ1) is 13.6. The molecule has 1 atom stereocenters. The van der Waals surface area contributed by atoms with E-state index in [2.05, 4.69) is 36.5 Å². The zero-order valence-electron chi connectivity index (χ0n) is 11.1. The number of thiazole rings is 2. The molecule has 0 spiro atoms. The molecule has 98 valence electrons. The molecule has 0 aliphatic heterocycles. The van der Waals surface area contributed by atoms with Crippen LogP contribution in [0.1, 0.15) is 47.6 Å². The highest BCUT2D eigenvalue weighted by atomic mass is 32.1. The largest absolute Gasteiger partial charge is 0.303 e. The average Bonchev–Trinajstić information content (AvgIpc) is 3.00. The monoisotopic (exact) mass is 281 g/mol. The van der Waals surface area contributed by atoms with Crippen LogP contribution in [0.5, 0.6) is 0 Å². The second-order valence-corrected chi connectivity index (χ2v) is 6.16. The van der Waals surface area contributed by atoms with Crippen LogP contribution in [0.2, 0.25) is 0 Å². The van der Waals surface area contributed by atoms with Crippen LogP contribution in [-0.2, 0) is 6.42 Å². The standard InChI is InChI=1S/C13H19N3S2/c1-4-6-14-12(11-7-17-8-15-11)13-16-10(5-2)9(3)18-13/h7-8,12,14H,4-6H2,1-3H3. The SMILES string of the molecule is CCCNC(c1cscn1)c1nc(CC)c(C)s1. The molecule has 0 aromatic carbocycles. The molecule has 0 saturated carbocycles. The molecule has 0 saturated heterocycles. The summed E-state index contributed by atoms with van der Waals surface area (Å²) in [7, 11) is 0. The van der Waals surface area contributed by atoms with E-state index in [-0.39, 0.29) is 6.04 Å². The Kier molecular flexibility index (Phi) is 4.86. The van der Waals surface area contributed by atoms with Gasteiger partial charge in [0.1, 0.15) is 11.0 Å². The molecule has 0 radical (unpaired) electrons. The van der Waals surface area contributed by atoms with Crippen LogP contribution < -0.4 is 5.32 Å². The Morgan fingerprint density at radius 3 is 2.78 bits per heavy atom. The Balaban J connectivity index is 2.27. The Hall–Kier alpha value is -0.780. The number of nitrogens with one attached hydrogen (secondary N) is 1. The molecular formula is C13H19N3S2. The zero-order valence-corrected chi connectivity index (χ0v) is 12.7. The Morgan fingerprint density at radius 1 is 1.39 bits per heavy atom. The molecule has 0 fully saturated rings. The number of aromatic nitrogens is 2. The number of rotatable bonds is 6. The summed E-state index contributed by atoms with van der Waals surface area (Å²) in [6, 6.07) is 0.153. The van der Waals surface area contributed by atoms with Crippen molar-refractivity contribution in [3.8, 4) is 0 Å². The number of nitrogens with zero attached hydrogens (tertiary/aromatic N) is 2. The molecule has 0 aliphatic rings. The maximum Gasteiger partial charge on any atom is 0.116 e. The van der Waals surface area contributed by atoms with Crippen molar-refractivity contribution in [3.05, 3.63) is 32.2 Å². The number of aryl methyl sites for hydroxylation is 2. The van der Waals surface area contributed by atoms with Gasteiger partial charge in [-0.25, -0.2) is 9.97 Å². The molecular weight excluding hydrogens is 262 g/mol. The van der Waals surface area contributed by atoms with Gasteiger partial charge in [-0.05, 0) is 26.3 Å². The summed E-state index contributed by atoms with van der Waals surface area (Å²) in [5.74, 6) is 0. The van der Waals surface area contributed by atoms with Gasteiger partial charge >= 0.3 is 0 Å². The van der Waals surface area contributed by atoms with Gasteiger partial charge in [0.25, 0.3) is 0 Å². The van der Waals surface area contributed by atoms with E-state index in [1.54, 1.807) is 22.7 Å². The van der Waals surface area contributed by atoms with Crippen molar-refractivity contribution in [2.24, 2.45) is 0 Å². The van der Waals surface area contributed by atoms with Crippen molar-refractivity contribution in [2.75, 3.05) is 6.54 Å². The summed E-state index contributed by atoms with van der Waals surface area (Å²) < 4.78 is 0. The normalized spacial score (nSPS) is 12.8. The fourth-order valence-electron chi connectivity index (χ4n) is 1.87. The van der Waals surface area contributed by atoms with E-state index >= 15 is 0 Å². The first-order chi connectivity index (χ1) is 8.76. The van der Waals surface area contributed by atoms with E-state index < -0.39 is 0 Å². The summed E-state index contributed by atoms with van der Waals surface area (Å²) in [5, 5.41) is 6.79. The van der Waals surface area contributed by atoms with E-state index in [0.29, 0.717) is 0 Å². The number of hydrogen-bond donors (Lipinski definition) is 1. The lowest BCUT2D eigenvalue weighted by Crippen LogP contribution is -2.23. The van der Waals surface area contributed by atoms with Crippen LogP contribution in [0.15, 0.2) is 10.9 Å². The van der Waals surface area contributed by atoms with Gasteiger partial charge < -0.3 is 5.32 Å². The molecule has 1 N–H and O–H groups in total. The fourth-order valence-corrected chi connectivity index (χ4v) is 3.55. The molecule has 3 nitrogen and oxygen atoms in total. The third kappa shape index (κ3) is 2.96. The molecule has 0 bridgehead atoms. The molecule has 5 heteroatoms. The van der Waals surface area contributed by atoms with Gasteiger partial charge in [-0.3, -0.25) is 0 Å². The van der Waals surface area contributed by atoms with Crippen molar-refractivity contribution < 1.29 is 0 Å². The minimum absolute atomic E-state index is 0.153. The summed E-state index contributed by atoms with van der Waals surface area (Å²) in [6.45, 7) is 7.47. The molecule has 2 heterocycles. The lowest BCUT2D eigenvalue weighted by molar-refractivity contribution is 0.585. The van der Waals surface area contributed by atoms with Gasteiger partial charge in [-0.2, -0.15) is 0 Å². The second kappa shape index (κ2) is 6.41. The topological polar surface area (TPSA) is 37.8 Å². The van der Waals surface area contributed by atoms with Gasteiger partial charge in [-0.15, -0.1) is 22.7 Å². The van der Waals surface area contributed by atoms with Crippen molar-refractivity contribution in [1.82, 2.24) is 15.3 Å². The molecule has 18 heavy (non-hydrogen) atoms. The minimum Gasteiger partial charge on any atom is -0.303 e. The molecule has 0 aliphatic carbocycles. The maximum atomic E-state index is 4.76. The maximum absolute atomic E-state index is 4.76. The second-order valence-electron chi connectivity index (χ2n) is 4.21. The molecule has 2 rings (SSSR count). The quantitative estimate of drug-likeness (QED) is 0.879. The van der Waals surface area contributed by atoms with Gasteiger partial charge in [0.2, 0.25) is 0 Å². The zero-order chi connectivity index (χ0) is 13.0. The van der Waals surface area contributed by atoms with Crippen molar-refractivity contribution in [1.29, 1.82) is 0 Å². The third-order valence-corrected chi connectivity index (χ3v) is 4.52. The summed E-state index contributed by atoms with van der Waals surface area (Å²) in [5.41, 5.74) is 4.19. The van der Waals surface area contributed by atoms with Crippen LogP contribution in [0.4, 0.5) is 0 Å². The molecule has 1 unspecified atom stereocenters. The van der Waals surface area contributed by atoms with Crippen molar-refractivity contribution >= 4 is 22.7 Å². The lowest BCUT2D eigenvalue weighted by atomic mass is 10.2. The number of hydrogen-bond acceptors (Lipinski definition) is 5. The molecule has 0 amide bonds. The summed E-state index contributed by atoms with van der Waals surface area (Å²) in [4.78, 5) is 10.5. The summed E-state index contributed by atoms with van der Waals surface area (Å²) >= 11 is 3.43. The predicted molar refractivity (Wildman–Crippen MR) is 78.5 cm³/mol. The highest BCUT2D eigenvalue weighted by molar-refractivity contribution is 7.11. The highest BCUT2D eigenvalue weighted by Crippen LogP contribution is 2.28.